The van der Waals surface area contributed by atoms with Gasteiger partial charge in [-0.15, -0.1) is 11.3 Å². The molecule has 1 aromatic rings. The number of ether oxygens (including phenoxy) is 1. The molecule has 0 spiro atoms. The molecule has 6 nitrogen and oxygen atoms in total. The van der Waals surface area contributed by atoms with Crippen molar-refractivity contribution in [3.8, 4) is 0 Å². The Morgan fingerprint density at radius 1 is 1.32 bits per heavy atom. The molecule has 2 N–H and O–H groups in total. The van der Waals surface area contributed by atoms with E-state index < -0.39 is 30.1 Å². The van der Waals surface area contributed by atoms with Crippen molar-refractivity contribution in [1.29, 1.82) is 0 Å². The summed E-state index contributed by atoms with van der Waals surface area (Å²) in [5.41, 5.74) is 0.775. The van der Waals surface area contributed by atoms with Gasteiger partial charge in [0.05, 0.1) is 0 Å². The molecular weight excluding hydrogens is 340 g/mol. The predicted molar refractivity (Wildman–Crippen MR) is 96.8 cm³/mol. The lowest BCUT2D eigenvalue weighted by Crippen LogP contribution is -2.49. The summed E-state index contributed by atoms with van der Waals surface area (Å²) in [7, 11) is 0. The van der Waals surface area contributed by atoms with Crippen molar-refractivity contribution in [2.24, 2.45) is 5.92 Å². The maximum Gasteiger partial charge on any atom is 0.348 e. The minimum atomic E-state index is -0.650. The average molecular weight is 366 g/mol. The number of rotatable bonds is 4. The van der Waals surface area contributed by atoms with E-state index in [1.54, 1.807) is 20.8 Å². The van der Waals surface area contributed by atoms with Crippen molar-refractivity contribution in [1.82, 2.24) is 10.6 Å². The molecule has 1 atom stereocenters. The third-order valence-electron chi connectivity index (χ3n) is 4.04. The average Bonchev–Trinajstić information content (AvgIpc) is 2.93. The summed E-state index contributed by atoms with van der Waals surface area (Å²) < 4.78 is 5.03. The highest BCUT2D eigenvalue weighted by Crippen LogP contribution is 2.33. The predicted octanol–water partition coefficient (Wildman–Crippen LogP) is 3.04. The van der Waals surface area contributed by atoms with Gasteiger partial charge in [0.2, 0.25) is 0 Å². The van der Waals surface area contributed by atoms with Crippen molar-refractivity contribution in [3.05, 3.63) is 21.4 Å². The quantitative estimate of drug-likeness (QED) is 0.802. The van der Waals surface area contributed by atoms with Gasteiger partial charge in [0.1, 0.15) is 4.88 Å². The first-order valence-electron chi connectivity index (χ1n) is 8.58. The third-order valence-corrected chi connectivity index (χ3v) is 5.26. The number of hydrogen-bond acceptors (Lipinski definition) is 5. The number of carbonyl (C=O) groups excluding carboxylic acids is 3. The highest BCUT2D eigenvalue weighted by atomic mass is 32.1. The Morgan fingerprint density at radius 2 is 2.04 bits per heavy atom. The summed E-state index contributed by atoms with van der Waals surface area (Å²) in [6, 6.07) is 1.28. The van der Waals surface area contributed by atoms with Crippen LogP contribution >= 0.6 is 11.3 Å². The van der Waals surface area contributed by atoms with Crippen molar-refractivity contribution in [2.75, 3.05) is 6.61 Å². The summed E-state index contributed by atoms with van der Waals surface area (Å²) in [6.07, 6.45) is 4.30. The lowest BCUT2D eigenvalue weighted by Gasteiger charge is -2.20. The van der Waals surface area contributed by atoms with Crippen LogP contribution in [0.25, 0.3) is 0 Å². The van der Waals surface area contributed by atoms with Gasteiger partial charge in [0, 0.05) is 10.4 Å². The molecule has 0 radical (unpaired) electrons. The van der Waals surface area contributed by atoms with Gasteiger partial charge >= 0.3 is 12.0 Å². The lowest BCUT2D eigenvalue weighted by molar-refractivity contribution is -0.123. The first-order chi connectivity index (χ1) is 11.7. The second kappa shape index (κ2) is 7.99. The molecule has 0 saturated heterocycles. The second-order valence-corrected chi connectivity index (χ2v) is 8.54. The smallest absolute Gasteiger partial charge is 0.348 e. The minimum absolute atomic E-state index is 0.451. The largest absolute Gasteiger partial charge is 0.451 e. The number of nitrogens with one attached hydrogen (secondary N) is 2. The normalized spacial score (nSPS) is 16.7. The molecule has 0 aromatic carbocycles. The fourth-order valence-electron chi connectivity index (χ4n) is 2.78. The molecule has 1 aliphatic rings. The number of esters is 1. The van der Waals surface area contributed by atoms with E-state index in [4.69, 9.17) is 4.74 Å². The Labute approximate surface area is 152 Å². The molecule has 1 heterocycles. The zero-order valence-electron chi connectivity index (χ0n) is 15.2. The van der Waals surface area contributed by atoms with Gasteiger partial charge in [-0.2, -0.15) is 0 Å². The highest BCUT2D eigenvalue weighted by Gasteiger charge is 2.23. The molecule has 1 aromatic heterocycles. The zero-order valence-corrected chi connectivity index (χ0v) is 16.0. The number of carbonyl (C=O) groups is 3. The molecule has 25 heavy (non-hydrogen) atoms. The molecule has 0 unspecified atom stereocenters. The number of amides is 3. The molecule has 0 saturated carbocycles. The van der Waals surface area contributed by atoms with E-state index in [9.17, 15) is 14.4 Å². The van der Waals surface area contributed by atoms with E-state index in [2.05, 4.69) is 17.6 Å². The van der Waals surface area contributed by atoms with Crippen molar-refractivity contribution >= 4 is 29.2 Å². The van der Waals surface area contributed by atoms with Gasteiger partial charge in [-0.05, 0) is 57.6 Å². The standard InChI is InChI=1S/C18H26N2O4S/c1-5-11-6-7-13-12(8-11)9-14(25-13)16(22)24-10-15(21)19-17(23)20-18(2,3)4/h9,11H,5-8,10H2,1-4H3,(H2,19,20,21,23)/t11-/m0/s1. The third kappa shape index (κ3) is 5.85. The second-order valence-electron chi connectivity index (χ2n) is 7.40. The molecule has 0 aliphatic heterocycles. The summed E-state index contributed by atoms with van der Waals surface area (Å²) in [4.78, 5) is 37.2. The first kappa shape index (κ1) is 19.4. The van der Waals surface area contributed by atoms with E-state index in [-0.39, 0.29) is 0 Å². The van der Waals surface area contributed by atoms with Crippen molar-refractivity contribution in [3.63, 3.8) is 0 Å². The molecule has 138 valence electrons. The van der Waals surface area contributed by atoms with Crippen molar-refractivity contribution in [2.45, 2.75) is 58.9 Å². The van der Waals surface area contributed by atoms with Gasteiger partial charge in [-0.25, -0.2) is 9.59 Å². The summed E-state index contributed by atoms with van der Waals surface area (Å²) in [5, 5.41) is 4.75. The molecule has 7 heteroatoms. The molecular formula is C18H26N2O4S. The Morgan fingerprint density at radius 3 is 2.68 bits per heavy atom. The van der Waals surface area contributed by atoms with Crippen LogP contribution in [0.4, 0.5) is 4.79 Å². The molecule has 0 bridgehead atoms. The van der Waals surface area contributed by atoms with E-state index in [1.165, 1.54) is 21.8 Å². The maximum atomic E-state index is 12.1. The summed E-state index contributed by atoms with van der Waals surface area (Å²) in [5.74, 6) is -0.487. The van der Waals surface area contributed by atoms with Gasteiger partial charge in [0.15, 0.2) is 6.61 Å². The molecule has 2 rings (SSSR count). The Hall–Kier alpha value is -1.89. The van der Waals surface area contributed by atoms with E-state index in [1.807, 2.05) is 6.07 Å². The minimum Gasteiger partial charge on any atom is -0.451 e. The first-order valence-corrected chi connectivity index (χ1v) is 9.40. The van der Waals surface area contributed by atoms with Crippen LogP contribution in [-0.4, -0.2) is 30.1 Å². The topological polar surface area (TPSA) is 84.5 Å². The van der Waals surface area contributed by atoms with E-state index in [0.717, 1.165) is 25.7 Å². The number of fused-ring (bicyclic) bond motifs is 1. The Balaban J connectivity index is 1.84. The number of thiophene rings is 1. The van der Waals surface area contributed by atoms with Crippen LogP contribution in [-0.2, 0) is 22.4 Å². The van der Waals surface area contributed by atoms with E-state index in [0.29, 0.717) is 10.8 Å². The highest BCUT2D eigenvalue weighted by molar-refractivity contribution is 7.14. The molecule has 1 aliphatic carbocycles. The SMILES string of the molecule is CC[C@H]1CCc2sc(C(=O)OCC(=O)NC(=O)NC(C)(C)C)cc2C1. The lowest BCUT2D eigenvalue weighted by atomic mass is 9.87. The van der Waals surface area contributed by atoms with Crippen LogP contribution in [0, 0.1) is 5.92 Å². The van der Waals surface area contributed by atoms with Gasteiger partial charge in [0.25, 0.3) is 5.91 Å². The summed E-state index contributed by atoms with van der Waals surface area (Å²) >= 11 is 1.44. The van der Waals surface area contributed by atoms with Crippen LogP contribution in [0.1, 0.15) is 60.6 Å². The van der Waals surface area contributed by atoms with Crippen LogP contribution in [0.5, 0.6) is 0 Å². The Kier molecular flexibility index (Phi) is 6.21. The fourth-order valence-corrected chi connectivity index (χ4v) is 3.89. The molecule has 3 amide bonds. The molecule has 0 fully saturated rings. The van der Waals surface area contributed by atoms with Crippen LogP contribution < -0.4 is 10.6 Å². The fraction of sp³-hybridized carbons (Fsp3) is 0.611. The maximum absolute atomic E-state index is 12.1. The van der Waals surface area contributed by atoms with Crippen LogP contribution in [0.3, 0.4) is 0 Å². The zero-order chi connectivity index (χ0) is 18.6. The van der Waals surface area contributed by atoms with Gasteiger partial charge in [-0.3, -0.25) is 10.1 Å². The van der Waals surface area contributed by atoms with Gasteiger partial charge < -0.3 is 10.1 Å². The summed E-state index contributed by atoms with van der Waals surface area (Å²) in [6.45, 7) is 7.12. The monoisotopic (exact) mass is 366 g/mol. The van der Waals surface area contributed by atoms with Crippen LogP contribution in [0.2, 0.25) is 0 Å². The van der Waals surface area contributed by atoms with Gasteiger partial charge in [-0.1, -0.05) is 13.3 Å². The number of urea groups is 1. The number of aryl methyl sites for hydroxylation is 1. The van der Waals surface area contributed by atoms with Crippen LogP contribution in [0.15, 0.2) is 6.07 Å². The van der Waals surface area contributed by atoms with Crippen molar-refractivity contribution < 1.29 is 19.1 Å². The van der Waals surface area contributed by atoms with E-state index >= 15 is 0 Å². The Bertz CT molecular complexity index is 661. The number of hydrogen-bond donors (Lipinski definition) is 2. The number of imide groups is 1.